The van der Waals surface area contributed by atoms with Crippen LogP contribution in [0.2, 0.25) is 5.02 Å². The molecule has 1 amide bonds. The van der Waals surface area contributed by atoms with E-state index in [0.29, 0.717) is 19.0 Å². The fourth-order valence-electron chi connectivity index (χ4n) is 2.45. The third kappa shape index (κ3) is 7.15. The number of nitrogens with one attached hydrogen (secondary N) is 3. The number of guanidine groups is 1. The molecule has 5 nitrogen and oxygen atoms in total. The number of benzene rings is 2. The molecule has 0 atom stereocenters. The molecule has 0 aliphatic rings. The van der Waals surface area contributed by atoms with Crippen molar-refractivity contribution in [3.8, 4) is 0 Å². The van der Waals surface area contributed by atoms with Crippen molar-refractivity contribution in [2.45, 2.75) is 12.8 Å². The molecule has 2 aromatic rings. The van der Waals surface area contributed by atoms with E-state index in [1.165, 1.54) is 5.56 Å². The molecule has 0 saturated heterocycles. The van der Waals surface area contributed by atoms with E-state index in [4.69, 9.17) is 11.6 Å². The molecule has 6 heteroatoms. The van der Waals surface area contributed by atoms with Crippen LogP contribution in [-0.4, -0.2) is 38.5 Å². The number of hydrogen-bond donors (Lipinski definition) is 3. The largest absolute Gasteiger partial charge is 0.356 e. The van der Waals surface area contributed by atoms with E-state index < -0.39 is 0 Å². The number of amides is 1. The van der Waals surface area contributed by atoms with E-state index >= 15 is 0 Å². The summed E-state index contributed by atoms with van der Waals surface area (Å²) >= 11 is 6.14. The molecule has 0 unspecified atom stereocenters. The number of hydrogen-bond acceptors (Lipinski definition) is 2. The Balaban J connectivity index is 1.63. The van der Waals surface area contributed by atoms with Gasteiger partial charge in [-0.25, -0.2) is 0 Å². The van der Waals surface area contributed by atoms with E-state index in [1.807, 2.05) is 42.5 Å². The Morgan fingerprint density at radius 2 is 1.62 bits per heavy atom. The minimum absolute atomic E-state index is 0.0602. The van der Waals surface area contributed by atoms with E-state index in [0.717, 1.165) is 23.4 Å². The molecule has 0 aromatic heterocycles. The lowest BCUT2D eigenvalue weighted by Gasteiger charge is -2.12. The molecule has 138 valence electrons. The maximum atomic E-state index is 11.9. The second kappa shape index (κ2) is 11.2. The monoisotopic (exact) mass is 372 g/mol. The average molecular weight is 373 g/mol. The van der Waals surface area contributed by atoms with Crippen LogP contribution in [0.1, 0.15) is 11.1 Å². The van der Waals surface area contributed by atoms with Gasteiger partial charge in [0.2, 0.25) is 5.91 Å². The molecule has 0 fully saturated rings. The quantitative estimate of drug-likeness (QED) is 0.492. The van der Waals surface area contributed by atoms with Crippen molar-refractivity contribution in [1.29, 1.82) is 0 Å². The summed E-state index contributed by atoms with van der Waals surface area (Å²) in [5.41, 5.74) is 2.29. The van der Waals surface area contributed by atoms with Crippen LogP contribution in [0.25, 0.3) is 0 Å². The van der Waals surface area contributed by atoms with Crippen LogP contribution < -0.4 is 16.0 Å². The van der Waals surface area contributed by atoms with Crippen molar-refractivity contribution >= 4 is 23.5 Å². The van der Waals surface area contributed by atoms with Crippen molar-refractivity contribution < 1.29 is 4.79 Å². The fourth-order valence-corrected chi connectivity index (χ4v) is 2.68. The standard InChI is InChI=1S/C20H25ClN4O/c1-22-20(24-14-12-17-9-5-6-10-18(17)21)25-15-19(26)23-13-11-16-7-3-2-4-8-16/h2-10H,11-15H2,1H3,(H,23,26)(H2,22,24,25). The first-order valence-electron chi connectivity index (χ1n) is 8.67. The molecule has 0 heterocycles. The fraction of sp³-hybridized carbons (Fsp3) is 0.300. The highest BCUT2D eigenvalue weighted by Gasteiger charge is 2.04. The molecule has 0 aliphatic carbocycles. The van der Waals surface area contributed by atoms with Crippen LogP contribution in [0.3, 0.4) is 0 Å². The molecule has 0 spiro atoms. The predicted molar refractivity (Wildman–Crippen MR) is 108 cm³/mol. The molecule has 26 heavy (non-hydrogen) atoms. The zero-order valence-electron chi connectivity index (χ0n) is 15.0. The summed E-state index contributed by atoms with van der Waals surface area (Å²) in [4.78, 5) is 16.0. The van der Waals surface area contributed by atoms with Crippen LogP contribution in [0, 0.1) is 0 Å². The van der Waals surface area contributed by atoms with E-state index in [-0.39, 0.29) is 12.5 Å². The third-order valence-corrected chi connectivity index (χ3v) is 4.23. The van der Waals surface area contributed by atoms with Gasteiger partial charge in [0.25, 0.3) is 0 Å². The molecule has 0 radical (unpaired) electrons. The Kier molecular flexibility index (Phi) is 8.49. The lowest BCUT2D eigenvalue weighted by molar-refractivity contribution is -0.119. The summed E-state index contributed by atoms with van der Waals surface area (Å²) in [6, 6.07) is 17.8. The number of halogens is 1. The Labute approximate surface area is 159 Å². The molecule has 0 aliphatic heterocycles. The van der Waals surface area contributed by atoms with Crippen LogP contribution in [-0.2, 0) is 17.6 Å². The highest BCUT2D eigenvalue weighted by atomic mass is 35.5. The first kappa shape index (κ1) is 19.8. The normalized spacial score (nSPS) is 11.1. The lowest BCUT2D eigenvalue weighted by Crippen LogP contribution is -2.44. The van der Waals surface area contributed by atoms with E-state index in [9.17, 15) is 4.79 Å². The number of nitrogens with zero attached hydrogens (tertiary/aromatic N) is 1. The van der Waals surface area contributed by atoms with Crippen molar-refractivity contribution in [3.63, 3.8) is 0 Å². The number of carbonyl (C=O) groups is 1. The van der Waals surface area contributed by atoms with E-state index in [2.05, 4.69) is 33.1 Å². The van der Waals surface area contributed by atoms with Crippen LogP contribution in [0.4, 0.5) is 0 Å². The number of rotatable bonds is 8. The van der Waals surface area contributed by atoms with Crippen LogP contribution in [0.5, 0.6) is 0 Å². The van der Waals surface area contributed by atoms with Gasteiger partial charge in [-0.1, -0.05) is 60.1 Å². The molecular formula is C20H25ClN4O. The topological polar surface area (TPSA) is 65.5 Å². The maximum absolute atomic E-state index is 11.9. The zero-order chi connectivity index (χ0) is 18.6. The Morgan fingerprint density at radius 1 is 0.923 bits per heavy atom. The lowest BCUT2D eigenvalue weighted by atomic mass is 10.1. The summed E-state index contributed by atoms with van der Waals surface area (Å²) in [5.74, 6) is 0.533. The summed E-state index contributed by atoms with van der Waals surface area (Å²) in [5, 5.41) is 9.85. The average Bonchev–Trinajstić information content (AvgIpc) is 2.66. The molecule has 0 bridgehead atoms. The molecule has 2 aromatic carbocycles. The van der Waals surface area contributed by atoms with Gasteiger partial charge in [0, 0.05) is 25.2 Å². The SMILES string of the molecule is CN=C(NCCc1ccccc1Cl)NCC(=O)NCCc1ccccc1. The van der Waals surface area contributed by atoms with Gasteiger partial charge in [-0.3, -0.25) is 9.79 Å². The van der Waals surface area contributed by atoms with Crippen LogP contribution in [0.15, 0.2) is 59.6 Å². The van der Waals surface area contributed by atoms with Gasteiger partial charge in [0.1, 0.15) is 0 Å². The maximum Gasteiger partial charge on any atom is 0.239 e. The van der Waals surface area contributed by atoms with Crippen molar-refractivity contribution in [2.24, 2.45) is 4.99 Å². The highest BCUT2D eigenvalue weighted by molar-refractivity contribution is 6.31. The first-order valence-corrected chi connectivity index (χ1v) is 9.05. The second-order valence-electron chi connectivity index (χ2n) is 5.78. The van der Waals surface area contributed by atoms with Gasteiger partial charge in [0.05, 0.1) is 6.54 Å². The third-order valence-electron chi connectivity index (χ3n) is 3.86. The summed E-state index contributed by atoms with van der Waals surface area (Å²) in [7, 11) is 1.68. The summed E-state index contributed by atoms with van der Waals surface area (Å²) in [6.45, 7) is 1.47. The summed E-state index contributed by atoms with van der Waals surface area (Å²) < 4.78 is 0. The van der Waals surface area contributed by atoms with Crippen molar-refractivity contribution in [1.82, 2.24) is 16.0 Å². The molecule has 3 N–H and O–H groups in total. The van der Waals surface area contributed by atoms with Gasteiger partial charge in [0.15, 0.2) is 5.96 Å². The molecule has 0 saturated carbocycles. The summed E-state index contributed by atoms with van der Waals surface area (Å²) in [6.07, 6.45) is 1.60. The van der Waals surface area contributed by atoms with Gasteiger partial charge in [-0.15, -0.1) is 0 Å². The van der Waals surface area contributed by atoms with Crippen molar-refractivity contribution in [2.75, 3.05) is 26.7 Å². The highest BCUT2D eigenvalue weighted by Crippen LogP contribution is 2.14. The van der Waals surface area contributed by atoms with Gasteiger partial charge in [-0.2, -0.15) is 0 Å². The van der Waals surface area contributed by atoms with Gasteiger partial charge < -0.3 is 16.0 Å². The first-order chi connectivity index (χ1) is 12.7. The minimum Gasteiger partial charge on any atom is -0.356 e. The van der Waals surface area contributed by atoms with E-state index in [1.54, 1.807) is 7.05 Å². The zero-order valence-corrected chi connectivity index (χ0v) is 15.7. The van der Waals surface area contributed by atoms with Crippen LogP contribution >= 0.6 is 11.6 Å². The minimum atomic E-state index is -0.0602. The van der Waals surface area contributed by atoms with Gasteiger partial charge in [-0.05, 0) is 30.0 Å². The predicted octanol–water partition coefficient (Wildman–Crippen LogP) is 2.41. The second-order valence-corrected chi connectivity index (χ2v) is 6.19. The molecule has 2 rings (SSSR count). The number of aliphatic imine (C=N–C) groups is 1. The van der Waals surface area contributed by atoms with Gasteiger partial charge >= 0.3 is 0 Å². The van der Waals surface area contributed by atoms with Crippen molar-refractivity contribution in [3.05, 3.63) is 70.7 Å². The Morgan fingerprint density at radius 3 is 2.35 bits per heavy atom. The number of carbonyl (C=O) groups excluding carboxylic acids is 1. The molecular weight excluding hydrogens is 348 g/mol. The Bertz CT molecular complexity index is 719. The Hall–Kier alpha value is -2.53. The smallest absolute Gasteiger partial charge is 0.239 e.